The molecule has 3 aliphatic heterocycles. The standard InChI is InChI=1S/C40H50N8O6.C15H23IN4O3.C10H6/c1-23(2)33(45-39(51)53-7)37(49)47-21-9-11-31(47)35-41-25(5)29(43-35)19-17-27-13-15-28(16-14-27)18-20-30-26(6)42-36(44-30)32-12-10-22-48(32)38(50)34(24(3)4)46-40(52)54-8;1-8(2)11(18-15(22)23-4)14(21)20-7-5-6-10(20)13-17-9(3)12(16)19-13;1-3-9-5-7-10(4-2)8-6-9/h13-16,23-24,31-34H,9-12,21-22H2,1-8H3,(H,41,43)(H,42,44)(H,45,51)(H,46,52);8,10-11H,5-7H2,1-4H3,(H,17,19)(H,18,22);1-2,5-8H/t31-,32-,33-,34-;10-,11-;/m00./s1. The molecule has 3 aliphatic rings. The molecule has 3 aromatic heterocycles. The highest BCUT2D eigenvalue weighted by Gasteiger charge is 2.40. The van der Waals surface area contributed by atoms with Crippen molar-refractivity contribution in [2.45, 2.75) is 137 Å². The Kier molecular flexibility index (Phi) is 24.5. The Morgan fingerprint density at radius 1 is 0.494 bits per heavy atom. The molecule has 0 aliphatic carbocycles. The summed E-state index contributed by atoms with van der Waals surface area (Å²) >= 11 is 2.18. The Hall–Kier alpha value is -8.74. The number of aryl methyl sites for hydroxylation is 3. The third kappa shape index (κ3) is 17.7. The van der Waals surface area contributed by atoms with Crippen molar-refractivity contribution in [1.29, 1.82) is 0 Å². The van der Waals surface area contributed by atoms with E-state index in [2.05, 4.69) is 98.7 Å². The molecule has 460 valence electrons. The van der Waals surface area contributed by atoms with Gasteiger partial charge < -0.3 is 59.8 Å². The van der Waals surface area contributed by atoms with Crippen LogP contribution >= 0.6 is 22.6 Å². The van der Waals surface area contributed by atoms with Crippen molar-refractivity contribution in [3.05, 3.63) is 120 Å². The molecule has 0 radical (unpaired) electrons. The Morgan fingerprint density at radius 3 is 1.05 bits per heavy atom. The topological polar surface area (TPSA) is 262 Å². The molecule has 0 unspecified atom stereocenters. The van der Waals surface area contributed by atoms with Gasteiger partial charge in [0.2, 0.25) is 17.7 Å². The average Bonchev–Trinajstić information content (AvgIpc) is 2.12. The SMILES string of the molecule is C#Cc1ccc(C#C)cc1.COC(=O)N[C@H](C(=O)N1CCC[C@H]1c1nc(C#Cc2ccc(C#Cc3nc([C@@H]4CCCN4C(=O)[C@@H](NC(=O)OC)C(C)C)[nH]c3C)cc2)c(C)[nH]1)C(C)C.COC(=O)N[C@H](C(=O)N1CCC[C@H]1c1nc(I)c(C)[nH]1)C(C)C. The van der Waals surface area contributed by atoms with E-state index in [1.54, 1.807) is 9.80 Å². The molecular weight excluding hydrogens is 1220 g/mol. The van der Waals surface area contributed by atoms with Gasteiger partial charge in [-0.15, -0.1) is 12.8 Å². The maximum atomic E-state index is 13.5. The van der Waals surface area contributed by atoms with Crippen LogP contribution in [0.25, 0.3) is 0 Å². The molecule has 3 saturated heterocycles. The molecule has 3 fully saturated rings. The number of benzene rings is 2. The number of H-pyrrole nitrogens is 3. The quantitative estimate of drug-likeness (QED) is 0.0390. The minimum Gasteiger partial charge on any atom is -0.453 e. The summed E-state index contributed by atoms with van der Waals surface area (Å²) in [5.41, 5.74) is 7.14. The van der Waals surface area contributed by atoms with Crippen LogP contribution in [0.1, 0.15) is 166 Å². The number of carbonyl (C=O) groups excluding carboxylic acids is 6. The maximum absolute atomic E-state index is 13.5. The predicted molar refractivity (Wildman–Crippen MR) is 337 cm³/mol. The number of nitrogens with zero attached hydrogens (tertiary/aromatic N) is 6. The van der Waals surface area contributed by atoms with Crippen molar-refractivity contribution in [3.63, 3.8) is 0 Å². The first-order valence-electron chi connectivity index (χ1n) is 29.0. The van der Waals surface area contributed by atoms with Gasteiger partial charge in [-0.1, -0.05) is 65.2 Å². The van der Waals surface area contributed by atoms with Crippen LogP contribution in [0.15, 0.2) is 48.5 Å². The third-order valence-corrected chi connectivity index (χ3v) is 16.2. The largest absolute Gasteiger partial charge is 0.453 e. The van der Waals surface area contributed by atoms with E-state index < -0.39 is 36.4 Å². The number of ether oxygens (including phenoxy) is 3. The highest BCUT2D eigenvalue weighted by molar-refractivity contribution is 14.1. The van der Waals surface area contributed by atoms with Crippen molar-refractivity contribution in [2.24, 2.45) is 17.8 Å². The number of carbonyl (C=O) groups is 6. The fraction of sp³-hybridized carbons (Fsp3) is 0.462. The number of hydrogen-bond acceptors (Lipinski definition) is 12. The lowest BCUT2D eigenvalue weighted by Gasteiger charge is -2.29. The highest BCUT2D eigenvalue weighted by atomic mass is 127. The highest BCUT2D eigenvalue weighted by Crippen LogP contribution is 2.35. The van der Waals surface area contributed by atoms with E-state index in [1.165, 1.54) is 21.3 Å². The van der Waals surface area contributed by atoms with Crippen molar-refractivity contribution in [2.75, 3.05) is 41.0 Å². The van der Waals surface area contributed by atoms with Crippen molar-refractivity contribution >= 4 is 58.6 Å². The molecule has 2 aromatic carbocycles. The molecule has 0 bridgehead atoms. The number of halogens is 1. The zero-order chi connectivity index (χ0) is 63.6. The summed E-state index contributed by atoms with van der Waals surface area (Å²) in [6.45, 7) is 19.0. The third-order valence-electron chi connectivity index (χ3n) is 15.1. The normalized spacial score (nSPS) is 16.9. The summed E-state index contributed by atoms with van der Waals surface area (Å²) in [5, 5.41) is 8.00. The first-order valence-corrected chi connectivity index (χ1v) is 30.1. The molecule has 6 heterocycles. The predicted octanol–water partition coefficient (Wildman–Crippen LogP) is 8.65. The van der Waals surface area contributed by atoms with Gasteiger partial charge in [0.25, 0.3) is 0 Å². The van der Waals surface area contributed by atoms with Crippen LogP contribution in [0.4, 0.5) is 14.4 Å². The average molecular weight is 1300 g/mol. The summed E-state index contributed by atoms with van der Waals surface area (Å²) in [6.07, 6.45) is 13.4. The monoisotopic (exact) mass is 1300 g/mol. The number of terminal acetylenes is 2. The van der Waals surface area contributed by atoms with Crippen molar-refractivity contribution < 1.29 is 43.0 Å². The number of imidazole rings is 3. The van der Waals surface area contributed by atoms with Crippen LogP contribution in [0.2, 0.25) is 0 Å². The molecule has 87 heavy (non-hydrogen) atoms. The van der Waals surface area contributed by atoms with Crippen LogP contribution in [0.3, 0.4) is 0 Å². The Balaban J connectivity index is 0.000000297. The number of likely N-dealkylation sites (tertiary alicyclic amines) is 3. The zero-order valence-electron chi connectivity index (χ0n) is 51.6. The van der Waals surface area contributed by atoms with Gasteiger partial charge in [-0.25, -0.2) is 29.3 Å². The lowest BCUT2D eigenvalue weighted by molar-refractivity contribution is -0.136. The number of alkyl carbamates (subject to hydrolysis) is 3. The second-order valence-corrected chi connectivity index (χ2v) is 23.3. The van der Waals surface area contributed by atoms with Gasteiger partial charge in [-0.3, -0.25) is 14.4 Å². The number of methoxy groups -OCH3 is 3. The van der Waals surface area contributed by atoms with Crippen LogP contribution in [0, 0.1) is 90.6 Å². The van der Waals surface area contributed by atoms with Gasteiger partial charge in [0.05, 0.1) is 39.5 Å². The number of aromatic amines is 3. The minimum atomic E-state index is -0.705. The molecule has 0 spiro atoms. The van der Waals surface area contributed by atoms with Gasteiger partial charge in [0.1, 0.15) is 50.7 Å². The molecule has 6 amide bonds. The smallest absolute Gasteiger partial charge is 0.407 e. The molecular formula is C65H79IN12O9. The first kappa shape index (κ1) is 67.4. The Bertz CT molecular complexity index is 3260. The van der Waals surface area contributed by atoms with E-state index in [4.69, 9.17) is 32.3 Å². The summed E-state index contributed by atoms with van der Waals surface area (Å²) in [5.74, 6) is 19.2. The number of aromatic nitrogens is 6. The number of nitrogens with one attached hydrogen (secondary N) is 6. The maximum Gasteiger partial charge on any atom is 0.407 e. The second-order valence-electron chi connectivity index (χ2n) is 22.3. The second kappa shape index (κ2) is 31.6. The number of rotatable bonds is 12. The lowest BCUT2D eigenvalue weighted by Crippen LogP contribution is -2.51. The molecule has 0 saturated carbocycles. The summed E-state index contributed by atoms with van der Waals surface area (Å²) in [4.78, 5) is 105. The van der Waals surface area contributed by atoms with Gasteiger partial charge >= 0.3 is 18.3 Å². The number of amides is 6. The molecule has 6 N–H and O–H groups in total. The van der Waals surface area contributed by atoms with Crippen LogP contribution in [-0.4, -0.2) is 140 Å². The van der Waals surface area contributed by atoms with Gasteiger partial charge in [0, 0.05) is 59.0 Å². The van der Waals surface area contributed by atoms with Crippen LogP contribution < -0.4 is 16.0 Å². The Labute approximate surface area is 523 Å². The van der Waals surface area contributed by atoms with E-state index >= 15 is 0 Å². The van der Waals surface area contributed by atoms with Gasteiger partial charge in [-0.2, -0.15) is 0 Å². The zero-order valence-corrected chi connectivity index (χ0v) is 53.7. The summed E-state index contributed by atoms with van der Waals surface area (Å²) in [6, 6.07) is 12.3. The van der Waals surface area contributed by atoms with Crippen molar-refractivity contribution in [1.82, 2.24) is 60.6 Å². The van der Waals surface area contributed by atoms with Gasteiger partial charge in [-0.05, 0) is 160 Å². The first-order chi connectivity index (χ1) is 41.5. The van der Waals surface area contributed by atoms with E-state index in [0.29, 0.717) is 42.7 Å². The lowest BCUT2D eigenvalue weighted by atomic mass is 10.0. The molecule has 21 nitrogen and oxygen atoms in total. The summed E-state index contributed by atoms with van der Waals surface area (Å²) in [7, 11) is 3.85. The molecule has 22 heteroatoms. The molecule has 5 aromatic rings. The fourth-order valence-corrected chi connectivity index (χ4v) is 10.7. The minimum absolute atomic E-state index is 0.0266. The van der Waals surface area contributed by atoms with E-state index in [9.17, 15) is 28.8 Å². The number of hydrogen-bond donors (Lipinski definition) is 6. The Morgan fingerprint density at radius 2 is 0.782 bits per heavy atom. The van der Waals surface area contributed by atoms with E-state index in [-0.39, 0.29) is 53.6 Å². The fourth-order valence-electron chi connectivity index (χ4n) is 10.3. The van der Waals surface area contributed by atoms with Gasteiger partial charge in [0.15, 0.2) is 0 Å². The van der Waals surface area contributed by atoms with Crippen LogP contribution in [-0.2, 0) is 28.6 Å². The van der Waals surface area contributed by atoms with Crippen LogP contribution in [0.5, 0.6) is 0 Å². The molecule has 8 rings (SSSR count). The van der Waals surface area contributed by atoms with E-state index in [0.717, 1.165) is 87.4 Å². The molecule has 6 atom stereocenters. The summed E-state index contributed by atoms with van der Waals surface area (Å²) < 4.78 is 15.0. The van der Waals surface area contributed by atoms with E-state index in [1.807, 2.05) is 116 Å². The van der Waals surface area contributed by atoms with Crippen molar-refractivity contribution in [3.8, 4) is 48.4 Å².